The first-order valence-electron chi connectivity index (χ1n) is 6.64. The van der Waals surface area contributed by atoms with Crippen LogP contribution in [0.25, 0.3) is 11.5 Å². The topological polar surface area (TPSA) is 38.9 Å². The van der Waals surface area contributed by atoms with E-state index in [0.29, 0.717) is 15.8 Å². The largest absolute Gasteiger partial charge is 0.411 e. The van der Waals surface area contributed by atoms with Crippen molar-refractivity contribution in [2.45, 2.75) is 17.4 Å². The van der Waals surface area contributed by atoms with Crippen LogP contribution in [0.3, 0.4) is 0 Å². The first-order chi connectivity index (χ1) is 10.6. The SMILES string of the molecule is C[C@@H](Sc1nnc(-c2ccccc2F)o1)c1ccccc1Cl. The summed E-state index contributed by atoms with van der Waals surface area (Å²) in [4.78, 5) is 0. The Morgan fingerprint density at radius 3 is 2.59 bits per heavy atom. The minimum atomic E-state index is -0.387. The summed E-state index contributed by atoms with van der Waals surface area (Å²) in [5.74, 6) is -0.214. The summed E-state index contributed by atoms with van der Waals surface area (Å²) in [6.07, 6.45) is 0. The van der Waals surface area contributed by atoms with Crippen molar-refractivity contribution in [3.63, 3.8) is 0 Å². The van der Waals surface area contributed by atoms with Gasteiger partial charge in [0, 0.05) is 10.3 Å². The molecule has 0 spiro atoms. The molecule has 1 aromatic heterocycles. The van der Waals surface area contributed by atoms with Crippen molar-refractivity contribution in [3.8, 4) is 11.5 Å². The molecule has 22 heavy (non-hydrogen) atoms. The normalized spacial score (nSPS) is 12.3. The molecular formula is C16H12ClFN2OS. The molecule has 0 radical (unpaired) electrons. The van der Waals surface area contributed by atoms with Crippen LogP contribution >= 0.6 is 23.4 Å². The van der Waals surface area contributed by atoms with E-state index in [2.05, 4.69) is 10.2 Å². The summed E-state index contributed by atoms with van der Waals surface area (Å²) in [6, 6.07) is 13.9. The van der Waals surface area contributed by atoms with E-state index in [-0.39, 0.29) is 17.0 Å². The maximum atomic E-state index is 13.7. The van der Waals surface area contributed by atoms with Gasteiger partial charge in [0.1, 0.15) is 5.82 Å². The van der Waals surface area contributed by atoms with Crippen molar-refractivity contribution in [3.05, 3.63) is 64.9 Å². The van der Waals surface area contributed by atoms with Crippen LogP contribution in [0.4, 0.5) is 4.39 Å². The fourth-order valence-electron chi connectivity index (χ4n) is 2.02. The molecule has 112 valence electrons. The van der Waals surface area contributed by atoms with Gasteiger partial charge in [-0.1, -0.05) is 53.7 Å². The summed E-state index contributed by atoms with van der Waals surface area (Å²) in [5.41, 5.74) is 1.28. The van der Waals surface area contributed by atoms with Crippen LogP contribution < -0.4 is 0 Å². The third-order valence-corrected chi connectivity index (χ3v) is 4.45. The average molecular weight is 335 g/mol. The molecule has 0 saturated heterocycles. The standard InChI is InChI=1S/C16H12ClFN2OS/c1-10(11-6-2-4-8-13(11)17)22-16-20-19-15(21-16)12-7-3-5-9-14(12)18/h2-10H,1H3/t10-/m1/s1. The third-order valence-electron chi connectivity index (χ3n) is 3.13. The Bertz CT molecular complexity index is 793. The van der Waals surface area contributed by atoms with Gasteiger partial charge in [0.15, 0.2) is 0 Å². The van der Waals surface area contributed by atoms with Gasteiger partial charge in [0.25, 0.3) is 11.1 Å². The Kier molecular flexibility index (Phi) is 4.45. The van der Waals surface area contributed by atoms with E-state index in [4.69, 9.17) is 16.0 Å². The van der Waals surface area contributed by atoms with Gasteiger partial charge in [0.05, 0.1) is 5.56 Å². The predicted molar refractivity (Wildman–Crippen MR) is 85.4 cm³/mol. The van der Waals surface area contributed by atoms with Crippen molar-refractivity contribution >= 4 is 23.4 Å². The Hall–Kier alpha value is -1.85. The van der Waals surface area contributed by atoms with Crippen LogP contribution in [-0.2, 0) is 0 Å². The minimum Gasteiger partial charge on any atom is -0.411 e. The lowest BCUT2D eigenvalue weighted by Crippen LogP contribution is -1.89. The number of thioether (sulfide) groups is 1. The Labute approximate surface area is 136 Å². The summed E-state index contributed by atoms with van der Waals surface area (Å²) >= 11 is 7.56. The molecule has 3 aromatic rings. The molecule has 0 unspecified atom stereocenters. The molecule has 1 heterocycles. The highest BCUT2D eigenvalue weighted by Gasteiger charge is 2.17. The Balaban J connectivity index is 1.80. The number of rotatable bonds is 4. The van der Waals surface area contributed by atoms with Gasteiger partial charge in [-0.2, -0.15) is 0 Å². The molecule has 0 aliphatic carbocycles. The molecule has 3 nitrogen and oxygen atoms in total. The van der Waals surface area contributed by atoms with Crippen LogP contribution in [0, 0.1) is 5.82 Å². The van der Waals surface area contributed by atoms with Crippen molar-refractivity contribution in [1.29, 1.82) is 0 Å². The third kappa shape index (κ3) is 3.15. The van der Waals surface area contributed by atoms with Gasteiger partial charge in [-0.05, 0) is 30.7 Å². The lowest BCUT2D eigenvalue weighted by molar-refractivity contribution is 0.462. The zero-order valence-corrected chi connectivity index (χ0v) is 13.2. The van der Waals surface area contributed by atoms with Crippen molar-refractivity contribution < 1.29 is 8.81 Å². The summed E-state index contributed by atoms with van der Waals surface area (Å²) in [7, 11) is 0. The van der Waals surface area contributed by atoms with Crippen molar-refractivity contribution in [1.82, 2.24) is 10.2 Å². The average Bonchev–Trinajstić information content (AvgIpc) is 2.96. The fourth-order valence-corrected chi connectivity index (χ4v) is 3.23. The van der Waals surface area contributed by atoms with Crippen LogP contribution in [0.15, 0.2) is 58.2 Å². The number of hydrogen-bond donors (Lipinski definition) is 0. The monoisotopic (exact) mass is 334 g/mol. The van der Waals surface area contributed by atoms with E-state index in [9.17, 15) is 4.39 Å². The van der Waals surface area contributed by atoms with Crippen LogP contribution in [0.5, 0.6) is 0 Å². The highest BCUT2D eigenvalue weighted by molar-refractivity contribution is 7.99. The van der Waals surface area contributed by atoms with Gasteiger partial charge in [-0.15, -0.1) is 10.2 Å². The molecule has 3 rings (SSSR count). The molecule has 0 N–H and O–H groups in total. The molecule has 0 aliphatic heterocycles. The second-order valence-electron chi connectivity index (χ2n) is 4.63. The first kappa shape index (κ1) is 15.1. The van der Waals surface area contributed by atoms with Crippen molar-refractivity contribution in [2.24, 2.45) is 0 Å². The van der Waals surface area contributed by atoms with Gasteiger partial charge in [-0.3, -0.25) is 0 Å². The summed E-state index contributed by atoms with van der Waals surface area (Å²) < 4.78 is 19.3. The van der Waals surface area contributed by atoms with E-state index in [1.54, 1.807) is 18.2 Å². The predicted octanol–water partition coefficient (Wildman–Crippen LogP) is 5.38. The second kappa shape index (κ2) is 6.50. The van der Waals surface area contributed by atoms with E-state index in [1.807, 2.05) is 31.2 Å². The van der Waals surface area contributed by atoms with Crippen molar-refractivity contribution in [2.75, 3.05) is 0 Å². The Morgan fingerprint density at radius 2 is 1.82 bits per heavy atom. The smallest absolute Gasteiger partial charge is 0.277 e. The number of hydrogen-bond acceptors (Lipinski definition) is 4. The number of benzene rings is 2. The number of aromatic nitrogens is 2. The van der Waals surface area contributed by atoms with Crippen LogP contribution in [0.2, 0.25) is 5.02 Å². The second-order valence-corrected chi connectivity index (χ2v) is 6.33. The molecule has 0 amide bonds. The zero-order chi connectivity index (χ0) is 15.5. The fraction of sp³-hybridized carbons (Fsp3) is 0.125. The molecule has 0 saturated carbocycles. The van der Waals surface area contributed by atoms with E-state index in [0.717, 1.165) is 5.56 Å². The first-order valence-corrected chi connectivity index (χ1v) is 7.90. The van der Waals surface area contributed by atoms with E-state index in [1.165, 1.54) is 17.8 Å². The molecule has 6 heteroatoms. The van der Waals surface area contributed by atoms with Gasteiger partial charge >= 0.3 is 0 Å². The number of halogens is 2. The highest BCUT2D eigenvalue weighted by atomic mass is 35.5. The minimum absolute atomic E-state index is 0.0441. The summed E-state index contributed by atoms with van der Waals surface area (Å²) in [5, 5.41) is 8.99. The summed E-state index contributed by atoms with van der Waals surface area (Å²) in [6.45, 7) is 2.00. The Morgan fingerprint density at radius 1 is 1.09 bits per heavy atom. The van der Waals surface area contributed by atoms with Crippen LogP contribution in [-0.4, -0.2) is 10.2 Å². The quantitative estimate of drug-likeness (QED) is 0.600. The van der Waals surface area contributed by atoms with Crippen LogP contribution in [0.1, 0.15) is 17.7 Å². The maximum absolute atomic E-state index is 13.7. The van der Waals surface area contributed by atoms with Gasteiger partial charge in [-0.25, -0.2) is 4.39 Å². The van der Waals surface area contributed by atoms with Gasteiger partial charge in [0.2, 0.25) is 0 Å². The van der Waals surface area contributed by atoms with E-state index < -0.39 is 0 Å². The molecule has 0 fully saturated rings. The number of nitrogens with zero attached hydrogens (tertiary/aromatic N) is 2. The highest BCUT2D eigenvalue weighted by Crippen LogP contribution is 2.38. The maximum Gasteiger partial charge on any atom is 0.277 e. The molecule has 1 atom stereocenters. The molecular weight excluding hydrogens is 323 g/mol. The lowest BCUT2D eigenvalue weighted by Gasteiger charge is -2.10. The zero-order valence-electron chi connectivity index (χ0n) is 11.7. The van der Waals surface area contributed by atoms with Gasteiger partial charge < -0.3 is 4.42 Å². The lowest BCUT2D eigenvalue weighted by atomic mass is 10.2. The van der Waals surface area contributed by atoms with E-state index >= 15 is 0 Å². The molecule has 0 bridgehead atoms. The molecule has 0 aliphatic rings. The molecule has 2 aromatic carbocycles.